The van der Waals surface area contributed by atoms with Crippen LogP contribution in [0.5, 0.6) is 0 Å². The SMILES string of the molecule is CCCC(C#N)CCNC1Nc2ccc(C(F)(F)F)cc2S1. The number of nitriles is 1. The molecule has 3 nitrogen and oxygen atoms in total. The molecule has 0 spiro atoms. The van der Waals surface area contributed by atoms with E-state index in [1.54, 1.807) is 0 Å². The van der Waals surface area contributed by atoms with E-state index in [1.807, 2.05) is 6.92 Å². The molecule has 1 aromatic carbocycles. The van der Waals surface area contributed by atoms with Crippen molar-refractivity contribution in [3.8, 4) is 6.07 Å². The highest BCUT2D eigenvalue weighted by Crippen LogP contribution is 2.41. The van der Waals surface area contributed by atoms with Gasteiger partial charge in [-0.15, -0.1) is 0 Å². The lowest BCUT2D eigenvalue weighted by atomic mass is 10.0. The number of thioether (sulfide) groups is 1. The topological polar surface area (TPSA) is 47.9 Å². The van der Waals surface area contributed by atoms with E-state index < -0.39 is 11.7 Å². The highest BCUT2D eigenvalue weighted by atomic mass is 32.2. The second kappa shape index (κ2) is 7.25. The van der Waals surface area contributed by atoms with Gasteiger partial charge in [-0.05, 0) is 37.6 Å². The Labute approximate surface area is 132 Å². The minimum absolute atomic E-state index is 0.0307. The van der Waals surface area contributed by atoms with Crippen LogP contribution < -0.4 is 10.6 Å². The molecule has 2 atom stereocenters. The molecule has 0 saturated carbocycles. The number of hydrogen-bond donors (Lipinski definition) is 2. The van der Waals surface area contributed by atoms with Crippen molar-refractivity contribution < 1.29 is 13.2 Å². The van der Waals surface area contributed by atoms with Gasteiger partial charge >= 0.3 is 6.18 Å². The lowest BCUT2D eigenvalue weighted by Gasteiger charge is -2.14. The van der Waals surface area contributed by atoms with Crippen molar-refractivity contribution in [2.45, 2.75) is 42.8 Å². The number of anilines is 1. The summed E-state index contributed by atoms with van der Waals surface area (Å²) in [7, 11) is 0. The lowest BCUT2D eigenvalue weighted by Crippen LogP contribution is -2.31. The predicted octanol–water partition coefficient (Wildman–Crippen LogP) is 4.43. The third-order valence-corrected chi connectivity index (χ3v) is 4.59. The number of nitrogens with zero attached hydrogens (tertiary/aromatic N) is 1. The summed E-state index contributed by atoms with van der Waals surface area (Å²) in [5.41, 5.74) is -0.0750. The van der Waals surface area contributed by atoms with Crippen LogP contribution in [0.2, 0.25) is 0 Å². The number of nitrogens with one attached hydrogen (secondary N) is 2. The van der Waals surface area contributed by atoms with Crippen molar-refractivity contribution >= 4 is 17.4 Å². The van der Waals surface area contributed by atoms with Crippen LogP contribution in [-0.2, 0) is 6.18 Å². The average Bonchev–Trinajstić information content (AvgIpc) is 2.87. The fraction of sp³-hybridized carbons (Fsp3) is 0.533. The van der Waals surface area contributed by atoms with Gasteiger partial charge in [0.25, 0.3) is 0 Å². The van der Waals surface area contributed by atoms with E-state index in [4.69, 9.17) is 5.26 Å². The Kier molecular flexibility index (Phi) is 5.59. The second-order valence-electron chi connectivity index (χ2n) is 5.21. The number of fused-ring (bicyclic) bond motifs is 1. The summed E-state index contributed by atoms with van der Waals surface area (Å²) in [5, 5.41) is 15.4. The van der Waals surface area contributed by atoms with E-state index in [1.165, 1.54) is 23.9 Å². The van der Waals surface area contributed by atoms with E-state index in [0.717, 1.165) is 25.3 Å². The molecule has 1 aromatic rings. The molecule has 0 bridgehead atoms. The number of hydrogen-bond acceptors (Lipinski definition) is 4. The minimum atomic E-state index is -4.32. The van der Waals surface area contributed by atoms with Crippen molar-refractivity contribution in [3.63, 3.8) is 0 Å². The molecule has 1 aliphatic rings. The first kappa shape index (κ1) is 17.0. The third kappa shape index (κ3) is 4.31. The Hall–Kier alpha value is -1.39. The molecule has 1 aliphatic heterocycles. The van der Waals surface area contributed by atoms with Crippen molar-refractivity contribution in [1.29, 1.82) is 5.26 Å². The van der Waals surface area contributed by atoms with Crippen LogP contribution in [-0.4, -0.2) is 12.0 Å². The van der Waals surface area contributed by atoms with Crippen LogP contribution in [0.15, 0.2) is 23.1 Å². The van der Waals surface area contributed by atoms with E-state index >= 15 is 0 Å². The first-order valence-electron chi connectivity index (χ1n) is 7.21. The van der Waals surface area contributed by atoms with Crippen molar-refractivity contribution in [3.05, 3.63) is 23.8 Å². The van der Waals surface area contributed by atoms with Gasteiger partial charge in [0.1, 0.15) is 5.50 Å². The smallest absolute Gasteiger partial charge is 0.360 e. The van der Waals surface area contributed by atoms with Crippen molar-refractivity contribution in [2.75, 3.05) is 11.9 Å². The van der Waals surface area contributed by atoms with Crippen molar-refractivity contribution in [2.24, 2.45) is 5.92 Å². The van der Waals surface area contributed by atoms with Gasteiger partial charge in [-0.3, -0.25) is 5.32 Å². The maximum Gasteiger partial charge on any atom is 0.416 e. The maximum atomic E-state index is 12.7. The van der Waals surface area contributed by atoms with Gasteiger partial charge in [0.2, 0.25) is 0 Å². The molecule has 2 N–H and O–H groups in total. The van der Waals surface area contributed by atoms with Crippen LogP contribution in [0, 0.1) is 17.2 Å². The maximum absolute atomic E-state index is 12.7. The fourth-order valence-corrected chi connectivity index (χ4v) is 3.41. The molecule has 0 aromatic heterocycles. The number of alkyl halides is 3. The Morgan fingerprint density at radius 3 is 2.82 bits per heavy atom. The molecule has 0 amide bonds. The van der Waals surface area contributed by atoms with Gasteiger partial charge in [0.15, 0.2) is 0 Å². The molecule has 7 heteroatoms. The highest BCUT2D eigenvalue weighted by Gasteiger charge is 2.32. The molecule has 2 rings (SSSR count). The first-order valence-corrected chi connectivity index (χ1v) is 8.09. The second-order valence-corrected chi connectivity index (χ2v) is 6.36. The summed E-state index contributed by atoms with van der Waals surface area (Å²) in [5.74, 6) is 0.0307. The molecule has 0 radical (unpaired) electrons. The van der Waals surface area contributed by atoms with E-state index in [2.05, 4.69) is 16.7 Å². The average molecular weight is 329 g/mol. The van der Waals surface area contributed by atoms with E-state index in [0.29, 0.717) is 17.1 Å². The van der Waals surface area contributed by atoms with Crippen molar-refractivity contribution in [1.82, 2.24) is 5.32 Å². The molecule has 120 valence electrons. The van der Waals surface area contributed by atoms with Gasteiger partial charge in [-0.1, -0.05) is 25.1 Å². The highest BCUT2D eigenvalue weighted by molar-refractivity contribution is 8.00. The summed E-state index contributed by atoms with van der Waals surface area (Å²) < 4.78 is 38.0. The lowest BCUT2D eigenvalue weighted by molar-refractivity contribution is -0.137. The largest absolute Gasteiger partial charge is 0.416 e. The molecule has 1 heterocycles. The third-order valence-electron chi connectivity index (χ3n) is 3.48. The molecule has 22 heavy (non-hydrogen) atoms. The zero-order chi connectivity index (χ0) is 16.2. The summed E-state index contributed by atoms with van der Waals surface area (Å²) >= 11 is 1.33. The molecule has 0 aliphatic carbocycles. The van der Waals surface area contributed by atoms with E-state index in [-0.39, 0.29) is 11.4 Å². The molecular weight excluding hydrogens is 311 g/mol. The summed E-state index contributed by atoms with van der Waals surface area (Å²) in [6, 6.07) is 5.99. The number of rotatable bonds is 6. The first-order chi connectivity index (χ1) is 10.4. The standard InChI is InChI=1S/C15H18F3N3S/c1-2-3-10(9-19)6-7-20-14-21-12-5-4-11(15(16,17)18)8-13(12)22-14/h4-5,8,10,14,20-21H,2-3,6-7H2,1H3. The normalized spacial score (nSPS) is 18.4. The van der Waals surface area contributed by atoms with Crippen LogP contribution >= 0.6 is 11.8 Å². The Morgan fingerprint density at radius 1 is 1.41 bits per heavy atom. The van der Waals surface area contributed by atoms with Gasteiger partial charge < -0.3 is 5.32 Å². The monoisotopic (exact) mass is 329 g/mol. The summed E-state index contributed by atoms with van der Waals surface area (Å²) in [6.45, 7) is 2.70. The summed E-state index contributed by atoms with van der Waals surface area (Å²) in [6.07, 6.45) is -1.73. The number of benzene rings is 1. The van der Waals surface area contributed by atoms with Gasteiger partial charge in [0.05, 0.1) is 11.6 Å². The van der Waals surface area contributed by atoms with Gasteiger partial charge in [-0.2, -0.15) is 18.4 Å². The minimum Gasteiger partial charge on any atom is -0.360 e. The molecule has 0 fully saturated rings. The predicted molar refractivity (Wildman–Crippen MR) is 81.3 cm³/mol. The summed E-state index contributed by atoms with van der Waals surface area (Å²) in [4.78, 5) is 0.595. The molecule has 0 saturated heterocycles. The van der Waals surface area contributed by atoms with E-state index in [9.17, 15) is 13.2 Å². The Bertz CT molecular complexity index is 554. The zero-order valence-corrected chi connectivity index (χ0v) is 13.0. The zero-order valence-electron chi connectivity index (χ0n) is 12.2. The Morgan fingerprint density at radius 2 is 2.18 bits per heavy atom. The Balaban J connectivity index is 1.86. The molecular formula is C15H18F3N3S. The van der Waals surface area contributed by atoms with Gasteiger partial charge in [0, 0.05) is 16.5 Å². The van der Waals surface area contributed by atoms with Crippen LogP contribution in [0.3, 0.4) is 0 Å². The van der Waals surface area contributed by atoms with Crippen LogP contribution in [0.4, 0.5) is 18.9 Å². The fourth-order valence-electron chi connectivity index (χ4n) is 2.32. The van der Waals surface area contributed by atoms with Gasteiger partial charge in [-0.25, -0.2) is 0 Å². The molecule has 2 unspecified atom stereocenters. The van der Waals surface area contributed by atoms with Crippen LogP contribution in [0.1, 0.15) is 31.7 Å². The quantitative estimate of drug-likeness (QED) is 0.811. The number of halogens is 3. The van der Waals surface area contributed by atoms with Crippen LogP contribution in [0.25, 0.3) is 0 Å².